The fourth-order valence-electron chi connectivity index (χ4n) is 10.4. The predicted octanol–water partition coefficient (Wildman–Crippen LogP) is 1.48. The Morgan fingerprint density at radius 2 is 0.819 bits per heavy atom. The Morgan fingerprint density at radius 3 is 1.14 bits per heavy atom. The first-order valence-corrected chi connectivity index (χ1v) is 23.5. The van der Waals surface area contributed by atoms with E-state index in [-0.39, 0.29) is 50.1 Å². The number of methoxy groups -OCH3 is 10. The van der Waals surface area contributed by atoms with Crippen LogP contribution in [0.2, 0.25) is 0 Å². The number of rotatable bonds is 24. The SMILES string of the molecule is COc1ccc(CC2c3c(cc(OC)c(OC)c3OC)CC[N+]2(C)CCCOC(=O)/C=C/C(=O)OCCC[N+]2(C)CCc3cc(OC)c(OC)c(OC)c3C2Cc2ccc(OC)c(OC)c2)cc1OC.[Cl-].[Cl-]. The Labute approximate surface area is 437 Å². The number of halogens is 2. The highest BCUT2D eigenvalue weighted by Gasteiger charge is 2.44. The molecule has 18 heteroatoms. The van der Waals surface area contributed by atoms with Crippen LogP contribution in [0.15, 0.2) is 60.7 Å². The molecule has 4 unspecified atom stereocenters. The van der Waals surface area contributed by atoms with E-state index in [1.165, 1.54) is 0 Å². The lowest BCUT2D eigenvalue weighted by molar-refractivity contribution is -0.941. The molecule has 0 saturated carbocycles. The molecule has 2 heterocycles. The molecule has 4 aromatic carbocycles. The zero-order valence-corrected chi connectivity index (χ0v) is 45.3. The van der Waals surface area contributed by atoms with Crippen LogP contribution in [0.3, 0.4) is 0 Å². The van der Waals surface area contributed by atoms with Crippen molar-refractivity contribution in [3.05, 3.63) is 94.1 Å². The second kappa shape index (κ2) is 26.7. The number of quaternary nitrogens is 2. The van der Waals surface area contributed by atoms with Gasteiger partial charge in [0.2, 0.25) is 11.5 Å². The number of carbonyl (C=O) groups excluding carboxylic acids is 2. The van der Waals surface area contributed by atoms with E-state index in [0.717, 1.165) is 71.5 Å². The minimum atomic E-state index is -0.618. The number of nitrogens with zero attached hydrogens (tertiary/aromatic N) is 2. The molecule has 0 amide bonds. The highest BCUT2D eigenvalue weighted by molar-refractivity contribution is 5.91. The quantitative estimate of drug-likeness (QED) is 0.0433. The van der Waals surface area contributed by atoms with Crippen LogP contribution in [0.5, 0.6) is 57.5 Å². The zero-order chi connectivity index (χ0) is 50.6. The Balaban J connectivity index is 0.00000562. The third kappa shape index (κ3) is 12.8. The third-order valence-corrected chi connectivity index (χ3v) is 14.1. The first-order chi connectivity index (χ1) is 33.8. The molecule has 6 rings (SSSR count). The number of benzene rings is 4. The fourth-order valence-corrected chi connectivity index (χ4v) is 10.4. The standard InChI is InChI=1S/C54H72N2O14.2ClH/c1-55(25-21-37-33-45(63-7)51(65-9)53(67-11)49(37)39(55)29-35-15-17-41(59-3)43(31-35)61-5)23-13-27-69-47(57)19-20-48(58)70-28-14-24-56(2)26-22-38-34-46(64-8)52(66-10)54(68-12)50(38)40(56)30-36-16-18-42(60-4)44(32-36)62-6;;/h15-20,31-34,39-40H,13-14,21-30H2,1-12H3;2*1H/q+2;;/p-2/b20-19+;;. The van der Waals surface area contributed by atoms with E-state index in [2.05, 4.69) is 14.1 Å². The van der Waals surface area contributed by atoms with Crippen molar-refractivity contribution < 1.29 is 100 Å². The van der Waals surface area contributed by atoms with Gasteiger partial charge in [-0.2, -0.15) is 0 Å². The number of ether oxygens (including phenoxy) is 12. The van der Waals surface area contributed by atoms with Crippen LogP contribution in [-0.4, -0.2) is 145 Å². The van der Waals surface area contributed by atoms with Crippen LogP contribution in [0, 0.1) is 0 Å². The van der Waals surface area contributed by atoms with E-state index < -0.39 is 11.9 Å². The maximum atomic E-state index is 12.9. The summed E-state index contributed by atoms with van der Waals surface area (Å²) in [5, 5.41) is 0. The van der Waals surface area contributed by atoms with Gasteiger partial charge in [-0.05, 0) is 58.7 Å². The number of hydrogen-bond donors (Lipinski definition) is 0. The number of hydrogen-bond acceptors (Lipinski definition) is 14. The van der Waals surface area contributed by atoms with Crippen molar-refractivity contribution in [3.63, 3.8) is 0 Å². The molecule has 0 radical (unpaired) electrons. The summed E-state index contributed by atoms with van der Waals surface area (Å²) >= 11 is 0. The molecule has 0 N–H and O–H groups in total. The molecular formula is C54H72Cl2N2O14. The fraction of sp³-hybridized carbons (Fsp3) is 0.481. The molecule has 4 atom stereocenters. The number of likely N-dealkylation sites (N-methyl/N-ethyl adjacent to an activating group) is 2. The third-order valence-electron chi connectivity index (χ3n) is 14.1. The number of fused-ring (bicyclic) bond motifs is 2. The van der Waals surface area contributed by atoms with Crippen molar-refractivity contribution in [1.29, 1.82) is 0 Å². The van der Waals surface area contributed by atoms with E-state index in [9.17, 15) is 9.59 Å². The highest BCUT2D eigenvalue weighted by Crippen LogP contribution is 2.52. The van der Waals surface area contributed by atoms with Gasteiger partial charge in [0.1, 0.15) is 12.1 Å². The summed E-state index contributed by atoms with van der Waals surface area (Å²) in [4.78, 5) is 25.8. The summed E-state index contributed by atoms with van der Waals surface area (Å²) in [6.07, 6.45) is 6.29. The van der Waals surface area contributed by atoms with Crippen molar-refractivity contribution in [2.45, 2.75) is 50.6 Å². The van der Waals surface area contributed by atoms with E-state index in [1.807, 2.05) is 48.5 Å². The van der Waals surface area contributed by atoms with Crippen LogP contribution in [0.25, 0.3) is 0 Å². The lowest BCUT2D eigenvalue weighted by Gasteiger charge is -2.46. The van der Waals surface area contributed by atoms with Crippen molar-refractivity contribution in [2.75, 3.05) is 125 Å². The summed E-state index contributed by atoms with van der Waals surface area (Å²) in [6.45, 7) is 3.37. The van der Waals surface area contributed by atoms with Crippen molar-refractivity contribution >= 4 is 11.9 Å². The second-order valence-electron chi connectivity index (χ2n) is 18.0. The van der Waals surface area contributed by atoms with Crippen molar-refractivity contribution in [2.24, 2.45) is 0 Å². The molecular weight excluding hydrogens is 971 g/mol. The average Bonchev–Trinajstić information content (AvgIpc) is 3.38. The molecule has 4 aromatic rings. The van der Waals surface area contributed by atoms with Gasteiger partial charge in [-0.3, -0.25) is 0 Å². The molecule has 0 fully saturated rings. The van der Waals surface area contributed by atoms with Crippen molar-refractivity contribution in [3.8, 4) is 57.5 Å². The lowest BCUT2D eigenvalue weighted by Crippen LogP contribution is -3.00. The van der Waals surface area contributed by atoms with Gasteiger partial charge < -0.3 is 90.6 Å². The lowest BCUT2D eigenvalue weighted by atomic mass is 9.85. The molecule has 72 heavy (non-hydrogen) atoms. The van der Waals surface area contributed by atoms with Crippen molar-refractivity contribution in [1.82, 2.24) is 0 Å². The normalized spacial score (nSPS) is 18.7. The van der Waals surface area contributed by atoms with Gasteiger partial charge >= 0.3 is 11.9 Å². The van der Waals surface area contributed by atoms with E-state index in [0.29, 0.717) is 105 Å². The summed E-state index contributed by atoms with van der Waals surface area (Å²) in [5.41, 5.74) is 6.49. The van der Waals surface area contributed by atoms with Gasteiger partial charge in [-0.25, -0.2) is 9.59 Å². The summed E-state index contributed by atoms with van der Waals surface area (Å²) in [7, 11) is 20.7. The van der Waals surface area contributed by atoms with Gasteiger partial charge in [0.15, 0.2) is 46.0 Å². The summed E-state index contributed by atoms with van der Waals surface area (Å²) in [5.74, 6) is 4.95. The topological polar surface area (TPSA) is 145 Å². The maximum absolute atomic E-state index is 12.9. The maximum Gasteiger partial charge on any atom is 0.331 e. The molecule has 2 aliphatic heterocycles. The predicted molar refractivity (Wildman–Crippen MR) is 264 cm³/mol. The van der Waals surface area contributed by atoms with E-state index in [1.54, 1.807) is 71.1 Å². The smallest absolute Gasteiger partial charge is 0.331 e. The molecule has 0 spiro atoms. The Kier molecular flexibility index (Phi) is 21.7. The van der Waals surface area contributed by atoms with Crippen LogP contribution in [0.1, 0.15) is 58.3 Å². The molecule has 16 nitrogen and oxygen atoms in total. The van der Waals surface area contributed by atoms with Gasteiger partial charge in [-0.15, -0.1) is 0 Å². The number of carbonyl (C=O) groups is 2. The molecule has 0 bridgehead atoms. The van der Waals surface area contributed by atoms with Crippen LogP contribution >= 0.6 is 0 Å². The van der Waals surface area contributed by atoms with E-state index >= 15 is 0 Å². The summed E-state index contributed by atoms with van der Waals surface area (Å²) in [6, 6.07) is 15.9. The van der Waals surface area contributed by atoms with Crippen LogP contribution in [0.4, 0.5) is 0 Å². The zero-order valence-electron chi connectivity index (χ0n) is 43.8. The molecule has 2 aliphatic rings. The number of esters is 2. The molecule has 0 saturated heterocycles. The van der Waals surface area contributed by atoms with E-state index in [4.69, 9.17) is 56.8 Å². The molecule has 0 aliphatic carbocycles. The first kappa shape index (κ1) is 58.6. The first-order valence-electron chi connectivity index (χ1n) is 23.5. The largest absolute Gasteiger partial charge is 1.00 e. The van der Waals surface area contributed by atoms with Gasteiger partial charge in [0.25, 0.3) is 0 Å². The monoisotopic (exact) mass is 1040 g/mol. The van der Waals surface area contributed by atoms with Crippen LogP contribution < -0.4 is 72.2 Å². The molecule has 396 valence electrons. The molecule has 0 aromatic heterocycles. The minimum Gasteiger partial charge on any atom is -1.00 e. The van der Waals surface area contributed by atoms with Gasteiger partial charge in [0, 0.05) is 50.7 Å². The van der Waals surface area contributed by atoms with Gasteiger partial charge in [-0.1, -0.05) is 12.1 Å². The minimum absolute atomic E-state index is 0. The Bertz CT molecular complexity index is 2340. The Hall–Kier alpha value is -5.94. The average molecular weight is 1040 g/mol. The van der Waals surface area contributed by atoms with Gasteiger partial charge in [0.05, 0.1) is 136 Å². The Morgan fingerprint density at radius 1 is 0.472 bits per heavy atom. The highest BCUT2D eigenvalue weighted by atomic mass is 35.5. The summed E-state index contributed by atoms with van der Waals surface area (Å²) < 4.78 is 70.1. The van der Waals surface area contributed by atoms with Crippen LogP contribution in [-0.2, 0) is 44.7 Å². The second-order valence-corrected chi connectivity index (χ2v) is 18.0.